The fourth-order valence-electron chi connectivity index (χ4n) is 4.41. The van der Waals surface area contributed by atoms with Crippen LogP contribution in [0.15, 0.2) is 0 Å². The van der Waals surface area contributed by atoms with Gasteiger partial charge in [-0.15, -0.1) is 0 Å². The molecule has 22 nitrogen and oxygen atoms in total. The van der Waals surface area contributed by atoms with Crippen LogP contribution in [0.25, 0.3) is 0 Å². The van der Waals surface area contributed by atoms with E-state index < -0.39 is 136 Å². The Morgan fingerprint density at radius 1 is 0.630 bits per heavy atom. The van der Waals surface area contributed by atoms with Gasteiger partial charge >= 0.3 is 0 Å². The van der Waals surface area contributed by atoms with Gasteiger partial charge in [0, 0.05) is 0 Å². The summed E-state index contributed by atoms with van der Waals surface area (Å²) in [4.78, 5) is 9.87. The van der Waals surface area contributed by atoms with Gasteiger partial charge in [0.05, 0.1) is 19.3 Å². The summed E-state index contributed by atoms with van der Waals surface area (Å²) in [5, 5.41) is 166. The highest BCUT2D eigenvalue weighted by Gasteiger charge is 2.58. The lowest BCUT2D eigenvalue weighted by Gasteiger charge is -2.43. The van der Waals surface area contributed by atoms with E-state index in [-0.39, 0.29) is 6.29 Å². The van der Waals surface area contributed by atoms with Crippen molar-refractivity contribution in [2.24, 2.45) is 0 Å². The third kappa shape index (κ3) is 9.71. The van der Waals surface area contributed by atoms with Crippen molar-refractivity contribution in [2.45, 2.75) is 123 Å². The van der Waals surface area contributed by atoms with Crippen molar-refractivity contribution in [3.8, 4) is 0 Å². The molecule has 2 aliphatic heterocycles. The lowest BCUT2D eigenvalue weighted by Crippen LogP contribution is -2.63. The van der Waals surface area contributed by atoms with Gasteiger partial charge in [-0.05, 0) is 6.92 Å². The maximum atomic E-state index is 10.00. The van der Waals surface area contributed by atoms with Gasteiger partial charge in [0.2, 0.25) is 5.79 Å². The Morgan fingerprint density at radius 2 is 1.04 bits per heavy atom. The molecule has 0 amide bonds. The number of carbonyl (C=O) groups is 1. The van der Waals surface area contributed by atoms with Crippen molar-refractivity contribution in [1.29, 1.82) is 0 Å². The number of aldehydes is 1. The number of aliphatic hydroxyl groups is 18. The smallest absolute Gasteiger partial charge is 0.224 e. The predicted molar refractivity (Wildman–Crippen MR) is 140 cm³/mol. The van der Waals surface area contributed by atoms with Gasteiger partial charge < -0.3 is 111 Å². The van der Waals surface area contributed by atoms with Crippen molar-refractivity contribution < 1.29 is 111 Å². The summed E-state index contributed by atoms with van der Waals surface area (Å²) in [6.07, 6.45) is -28.4. The van der Waals surface area contributed by atoms with E-state index in [9.17, 15) is 35.4 Å². The van der Waals surface area contributed by atoms with Crippen LogP contribution in [0, 0.1) is 0 Å². The minimum absolute atomic E-state index is 0.0935. The number of hydrogen-bond acceptors (Lipinski definition) is 22. The lowest BCUT2D eigenvalue weighted by atomic mass is 9.85. The van der Waals surface area contributed by atoms with E-state index in [0.717, 1.165) is 0 Å². The molecule has 0 bridgehead atoms. The van der Waals surface area contributed by atoms with Crippen LogP contribution in [0.1, 0.15) is 6.92 Å². The van der Waals surface area contributed by atoms with Crippen LogP contribution in [0.4, 0.5) is 0 Å². The molecule has 1 aliphatic carbocycles. The van der Waals surface area contributed by atoms with Gasteiger partial charge in [-0.1, -0.05) is 0 Å². The first-order valence-electron chi connectivity index (χ1n) is 13.8. The van der Waals surface area contributed by atoms with Crippen LogP contribution >= 0.6 is 0 Å². The van der Waals surface area contributed by atoms with Crippen LogP contribution in [0.5, 0.6) is 0 Å². The van der Waals surface area contributed by atoms with E-state index in [0.29, 0.717) is 0 Å². The Balaban J connectivity index is 0.000000387. The molecule has 0 spiro atoms. The monoisotopic (exact) mass is 686 g/mol. The number of carbonyl (C=O) groups excluding carboxylic acids is 1. The summed E-state index contributed by atoms with van der Waals surface area (Å²) in [5.41, 5.74) is 0. The SMILES string of the molecule is C[C@H](O)[C@H](O)[C@@H](O)[C@@H](O)C=O.OC[C@H]1O[C@@](CO)(O[C@H]2O[C@H](CO)[C@@H](O)[C@H](O)[C@H]2O)[C@@H](O)[C@@H]1O.O[C@H]1[C@H](O)[C@@H](O)[C@H](O)[C@@H](O)[C@H]1O. The Labute approximate surface area is 260 Å². The molecule has 3 rings (SSSR count). The third-order valence-corrected chi connectivity index (χ3v) is 7.50. The van der Waals surface area contributed by atoms with Crippen molar-refractivity contribution in [1.82, 2.24) is 0 Å². The van der Waals surface area contributed by atoms with Gasteiger partial charge in [0.25, 0.3) is 0 Å². The van der Waals surface area contributed by atoms with E-state index in [1.165, 1.54) is 6.92 Å². The molecular weight excluding hydrogens is 640 g/mol. The van der Waals surface area contributed by atoms with Crippen LogP contribution < -0.4 is 0 Å². The number of ether oxygens (including phenoxy) is 3. The van der Waals surface area contributed by atoms with E-state index in [2.05, 4.69) is 0 Å². The zero-order valence-corrected chi connectivity index (χ0v) is 24.3. The van der Waals surface area contributed by atoms with Gasteiger partial charge in [-0.3, -0.25) is 0 Å². The van der Waals surface area contributed by atoms with Crippen LogP contribution in [-0.2, 0) is 19.0 Å². The maximum absolute atomic E-state index is 10.00. The molecule has 0 radical (unpaired) electrons. The minimum atomic E-state index is -2.22. The van der Waals surface area contributed by atoms with Crippen molar-refractivity contribution in [2.75, 3.05) is 19.8 Å². The Kier molecular flexibility index (Phi) is 17.3. The molecule has 2 saturated heterocycles. The molecule has 46 heavy (non-hydrogen) atoms. The highest BCUT2D eigenvalue weighted by atomic mass is 16.8. The average Bonchev–Trinajstić information content (AvgIpc) is 3.29. The number of aliphatic hydroxyl groups excluding tert-OH is 18. The maximum Gasteiger partial charge on any atom is 0.224 e. The second kappa shape index (κ2) is 18.6. The fourth-order valence-corrected chi connectivity index (χ4v) is 4.41. The van der Waals surface area contributed by atoms with Crippen LogP contribution in [-0.4, -0.2) is 234 Å². The third-order valence-electron chi connectivity index (χ3n) is 7.50. The van der Waals surface area contributed by atoms with Crippen LogP contribution in [0.2, 0.25) is 0 Å². The molecule has 2 heterocycles. The van der Waals surface area contributed by atoms with E-state index >= 15 is 0 Å². The zero-order valence-electron chi connectivity index (χ0n) is 24.3. The molecule has 22 heteroatoms. The molecule has 1 saturated carbocycles. The van der Waals surface area contributed by atoms with E-state index in [4.69, 9.17) is 75.5 Å². The summed E-state index contributed by atoms with van der Waals surface area (Å²) < 4.78 is 15.4. The fraction of sp³-hybridized carbons (Fsp3) is 0.958. The topological polar surface area (TPSA) is 409 Å². The van der Waals surface area contributed by atoms with Gasteiger partial charge in [0.1, 0.15) is 104 Å². The molecule has 0 aromatic heterocycles. The Morgan fingerprint density at radius 3 is 1.37 bits per heavy atom. The second-order valence-electron chi connectivity index (χ2n) is 10.9. The largest absolute Gasteiger partial charge is 0.394 e. The Hall–Kier alpha value is -1.17. The van der Waals surface area contributed by atoms with Gasteiger partial charge in [-0.2, -0.15) is 0 Å². The molecule has 0 unspecified atom stereocenters. The zero-order chi connectivity index (χ0) is 35.8. The minimum Gasteiger partial charge on any atom is -0.394 e. The molecule has 3 fully saturated rings. The molecule has 0 aromatic rings. The molecule has 274 valence electrons. The van der Waals surface area contributed by atoms with Gasteiger partial charge in [0.15, 0.2) is 12.6 Å². The molecule has 0 aromatic carbocycles. The van der Waals surface area contributed by atoms with Crippen molar-refractivity contribution in [3.63, 3.8) is 0 Å². The van der Waals surface area contributed by atoms with Crippen molar-refractivity contribution >= 4 is 6.29 Å². The standard InChI is InChI=1S/C12H22O11.C6H12O6.C6H12O5/c13-1-4-6(16)8(18)9(19)11(21-4)23-12(3-15)10(20)7(17)5(2-14)22-12;7-1-2(8)4(10)6(12)5(11)3(1)9;1-3(8)5(10)6(11)4(9)2-7/h4-11,13-20H,1-3H2;1-12H;2-6,8-11H,1H3/t4-,5-,6-,7-,8+,9-,10+,11-,12+;1-,2-,3-,4+,5-,6-;3-,4-,5-,6-/m1.0/s1. The summed E-state index contributed by atoms with van der Waals surface area (Å²) in [6.45, 7) is -1.08. The molecule has 3 aliphatic rings. The highest BCUT2D eigenvalue weighted by molar-refractivity contribution is 5.56. The second-order valence-corrected chi connectivity index (χ2v) is 10.9. The quantitative estimate of drug-likeness (QED) is 0.100. The van der Waals surface area contributed by atoms with Crippen molar-refractivity contribution in [3.05, 3.63) is 0 Å². The summed E-state index contributed by atoms with van der Waals surface area (Å²) in [7, 11) is 0. The first-order chi connectivity index (χ1) is 21.3. The summed E-state index contributed by atoms with van der Waals surface area (Å²) in [6, 6.07) is 0. The van der Waals surface area contributed by atoms with Crippen LogP contribution in [0.3, 0.4) is 0 Å². The molecular formula is C24H46O22. The Bertz CT molecular complexity index is 824. The number of rotatable bonds is 9. The van der Waals surface area contributed by atoms with E-state index in [1.54, 1.807) is 0 Å². The summed E-state index contributed by atoms with van der Waals surface area (Å²) in [5.74, 6) is -2.22. The normalized spacial score (nSPS) is 45.3. The molecule has 18 N–H and O–H groups in total. The lowest BCUT2D eigenvalue weighted by molar-refractivity contribution is -0.383. The van der Waals surface area contributed by atoms with Gasteiger partial charge in [-0.25, -0.2) is 0 Å². The number of hydrogen-bond donors (Lipinski definition) is 18. The first kappa shape index (κ1) is 42.9. The predicted octanol–water partition coefficient (Wildman–Crippen LogP) is -11.6. The summed E-state index contributed by atoms with van der Waals surface area (Å²) >= 11 is 0. The highest BCUT2D eigenvalue weighted by Crippen LogP contribution is 2.36. The first-order valence-corrected chi connectivity index (χ1v) is 13.8. The average molecular weight is 687 g/mol. The van der Waals surface area contributed by atoms with E-state index in [1.807, 2.05) is 0 Å². The molecule has 13 atom stereocenters.